The molecule has 4 nitrogen and oxygen atoms in total. The summed E-state index contributed by atoms with van der Waals surface area (Å²) in [6.07, 6.45) is 0.424. The smallest absolute Gasteiger partial charge is 0.387 e. The standard InChI is InChI=1S/C11H15F2NO3S/c1-3-8(2)18(15,16)14-9-6-4-5-7-10(9)17-11(12)13/h4-8,11,14H,3H2,1-2H3. The van der Waals surface area contributed by atoms with Gasteiger partial charge in [-0.05, 0) is 25.5 Å². The van der Waals surface area contributed by atoms with E-state index in [4.69, 9.17) is 0 Å². The van der Waals surface area contributed by atoms with Gasteiger partial charge in [-0.2, -0.15) is 8.78 Å². The van der Waals surface area contributed by atoms with Crippen molar-refractivity contribution in [1.29, 1.82) is 0 Å². The number of hydrogen-bond donors (Lipinski definition) is 1. The Kier molecular flexibility index (Phi) is 4.89. The molecule has 0 amide bonds. The van der Waals surface area contributed by atoms with Crippen molar-refractivity contribution in [1.82, 2.24) is 0 Å². The molecule has 0 saturated heterocycles. The van der Waals surface area contributed by atoms with E-state index in [1.54, 1.807) is 13.8 Å². The van der Waals surface area contributed by atoms with Crippen LogP contribution < -0.4 is 9.46 Å². The molecule has 0 aliphatic carbocycles. The molecule has 1 rings (SSSR count). The summed E-state index contributed by atoms with van der Waals surface area (Å²) in [6.45, 7) is 0.268. The van der Waals surface area contributed by atoms with Gasteiger partial charge in [-0.3, -0.25) is 4.72 Å². The van der Waals surface area contributed by atoms with Gasteiger partial charge >= 0.3 is 6.61 Å². The van der Waals surface area contributed by atoms with Gasteiger partial charge in [0.05, 0.1) is 10.9 Å². The molecule has 0 saturated carbocycles. The first-order valence-corrected chi connectivity index (χ1v) is 6.97. The Morgan fingerprint density at radius 2 is 1.94 bits per heavy atom. The van der Waals surface area contributed by atoms with Crippen LogP contribution in [-0.2, 0) is 10.0 Å². The molecule has 0 heterocycles. The second-order valence-corrected chi connectivity index (χ2v) is 5.84. The molecular weight excluding hydrogens is 264 g/mol. The van der Waals surface area contributed by atoms with Crippen LogP contribution in [0.2, 0.25) is 0 Å². The van der Waals surface area contributed by atoms with E-state index in [1.807, 2.05) is 0 Å². The molecule has 1 aromatic carbocycles. The third kappa shape index (κ3) is 3.83. The van der Waals surface area contributed by atoms with Crippen molar-refractivity contribution in [2.75, 3.05) is 4.72 Å². The van der Waals surface area contributed by atoms with Crippen LogP contribution in [0, 0.1) is 0 Å². The Hall–Kier alpha value is -1.37. The number of nitrogens with one attached hydrogen (secondary N) is 1. The number of para-hydroxylation sites is 2. The second kappa shape index (κ2) is 5.99. The van der Waals surface area contributed by atoms with Gasteiger partial charge in [0.1, 0.15) is 5.75 Å². The lowest BCUT2D eigenvalue weighted by Gasteiger charge is -2.15. The van der Waals surface area contributed by atoms with Crippen LogP contribution in [-0.4, -0.2) is 20.3 Å². The summed E-state index contributed by atoms with van der Waals surface area (Å²) in [5.74, 6) is -0.195. The van der Waals surface area contributed by atoms with Gasteiger partial charge in [0.25, 0.3) is 0 Å². The Morgan fingerprint density at radius 3 is 2.50 bits per heavy atom. The van der Waals surface area contributed by atoms with Crippen molar-refractivity contribution >= 4 is 15.7 Å². The van der Waals surface area contributed by atoms with Crippen molar-refractivity contribution in [2.24, 2.45) is 0 Å². The number of halogens is 2. The van der Waals surface area contributed by atoms with Crippen LogP contribution in [0.3, 0.4) is 0 Å². The molecule has 0 aliphatic rings. The Balaban J connectivity index is 2.97. The van der Waals surface area contributed by atoms with Crippen molar-refractivity contribution in [3.05, 3.63) is 24.3 Å². The number of hydrogen-bond acceptors (Lipinski definition) is 3. The topological polar surface area (TPSA) is 55.4 Å². The van der Waals surface area contributed by atoms with Crippen LogP contribution in [0.1, 0.15) is 20.3 Å². The number of ether oxygens (including phenoxy) is 1. The minimum Gasteiger partial charge on any atom is -0.433 e. The fourth-order valence-corrected chi connectivity index (χ4v) is 2.34. The average Bonchev–Trinajstić information content (AvgIpc) is 2.29. The molecule has 0 spiro atoms. The minimum absolute atomic E-state index is 0.0121. The van der Waals surface area contributed by atoms with Crippen LogP contribution in [0.4, 0.5) is 14.5 Å². The first-order valence-electron chi connectivity index (χ1n) is 5.42. The maximum absolute atomic E-state index is 12.2. The molecule has 7 heteroatoms. The van der Waals surface area contributed by atoms with E-state index in [0.717, 1.165) is 0 Å². The van der Waals surface area contributed by atoms with Gasteiger partial charge in [0.2, 0.25) is 10.0 Å². The number of anilines is 1. The summed E-state index contributed by atoms with van der Waals surface area (Å²) in [5, 5.41) is -0.614. The lowest BCUT2D eigenvalue weighted by Crippen LogP contribution is -2.25. The van der Waals surface area contributed by atoms with Crippen molar-refractivity contribution in [3.8, 4) is 5.75 Å². The number of benzene rings is 1. The van der Waals surface area contributed by atoms with E-state index in [-0.39, 0.29) is 11.4 Å². The number of sulfonamides is 1. The van der Waals surface area contributed by atoms with E-state index >= 15 is 0 Å². The van der Waals surface area contributed by atoms with Gasteiger partial charge in [-0.25, -0.2) is 8.42 Å². The summed E-state index contributed by atoms with van der Waals surface area (Å²) in [5.41, 5.74) is 0.0121. The van der Waals surface area contributed by atoms with E-state index in [0.29, 0.717) is 6.42 Å². The minimum atomic E-state index is -3.60. The Labute approximate surface area is 105 Å². The number of rotatable bonds is 6. The van der Waals surface area contributed by atoms with Gasteiger partial charge in [-0.1, -0.05) is 19.1 Å². The largest absolute Gasteiger partial charge is 0.433 e. The molecule has 18 heavy (non-hydrogen) atoms. The van der Waals surface area contributed by atoms with Crippen LogP contribution >= 0.6 is 0 Å². The summed E-state index contributed by atoms with van der Waals surface area (Å²) >= 11 is 0. The highest BCUT2D eigenvalue weighted by Gasteiger charge is 2.20. The molecule has 0 aliphatic heterocycles. The molecule has 0 aromatic heterocycles. The van der Waals surface area contributed by atoms with Crippen LogP contribution in [0.15, 0.2) is 24.3 Å². The molecule has 0 radical (unpaired) electrons. The zero-order chi connectivity index (χ0) is 13.8. The molecule has 102 valence electrons. The maximum Gasteiger partial charge on any atom is 0.387 e. The summed E-state index contributed by atoms with van der Waals surface area (Å²) in [4.78, 5) is 0. The quantitative estimate of drug-likeness (QED) is 0.871. The predicted molar refractivity (Wildman–Crippen MR) is 65.4 cm³/mol. The summed E-state index contributed by atoms with van der Waals surface area (Å²) < 4.78 is 54.4. The van der Waals surface area contributed by atoms with Crippen molar-refractivity contribution in [2.45, 2.75) is 32.1 Å². The molecule has 1 N–H and O–H groups in total. The molecule has 0 fully saturated rings. The summed E-state index contributed by atoms with van der Waals surface area (Å²) in [6, 6.07) is 5.67. The SMILES string of the molecule is CCC(C)S(=O)(=O)Nc1ccccc1OC(F)F. The van der Waals surface area contributed by atoms with Gasteiger partial charge < -0.3 is 4.74 Å². The van der Waals surface area contributed by atoms with E-state index in [1.165, 1.54) is 24.3 Å². The highest BCUT2D eigenvalue weighted by atomic mass is 32.2. The zero-order valence-electron chi connectivity index (χ0n) is 10.1. The highest BCUT2D eigenvalue weighted by Crippen LogP contribution is 2.27. The third-order valence-corrected chi connectivity index (χ3v) is 4.36. The van der Waals surface area contributed by atoms with Crippen LogP contribution in [0.25, 0.3) is 0 Å². The molecule has 0 bridgehead atoms. The van der Waals surface area contributed by atoms with E-state index < -0.39 is 21.9 Å². The Morgan fingerprint density at radius 1 is 1.33 bits per heavy atom. The summed E-state index contributed by atoms with van der Waals surface area (Å²) in [7, 11) is -3.60. The Bertz CT molecular complexity index is 491. The maximum atomic E-state index is 12.2. The lowest BCUT2D eigenvalue weighted by atomic mass is 10.3. The second-order valence-electron chi connectivity index (χ2n) is 3.74. The molecule has 1 aromatic rings. The zero-order valence-corrected chi connectivity index (χ0v) is 10.9. The highest BCUT2D eigenvalue weighted by molar-refractivity contribution is 7.93. The normalized spacial score (nSPS) is 13.4. The monoisotopic (exact) mass is 279 g/mol. The van der Waals surface area contributed by atoms with Gasteiger partial charge in [0.15, 0.2) is 0 Å². The predicted octanol–water partition coefficient (Wildman–Crippen LogP) is 2.83. The fraction of sp³-hybridized carbons (Fsp3) is 0.455. The number of alkyl halides is 2. The first kappa shape index (κ1) is 14.7. The molecular formula is C11H15F2NO3S. The van der Waals surface area contributed by atoms with Gasteiger partial charge in [-0.15, -0.1) is 0 Å². The van der Waals surface area contributed by atoms with Crippen molar-refractivity contribution in [3.63, 3.8) is 0 Å². The van der Waals surface area contributed by atoms with Gasteiger partial charge in [0, 0.05) is 0 Å². The first-order chi connectivity index (χ1) is 8.36. The fourth-order valence-electron chi connectivity index (χ4n) is 1.22. The van der Waals surface area contributed by atoms with Crippen LogP contribution in [0.5, 0.6) is 5.75 Å². The molecule has 1 unspecified atom stereocenters. The van der Waals surface area contributed by atoms with Crippen molar-refractivity contribution < 1.29 is 21.9 Å². The third-order valence-electron chi connectivity index (χ3n) is 2.46. The lowest BCUT2D eigenvalue weighted by molar-refractivity contribution is -0.0493. The van der Waals surface area contributed by atoms with E-state index in [9.17, 15) is 17.2 Å². The average molecular weight is 279 g/mol. The molecule has 1 atom stereocenters. The van der Waals surface area contributed by atoms with E-state index in [2.05, 4.69) is 9.46 Å².